The van der Waals surface area contributed by atoms with Crippen molar-refractivity contribution in [2.75, 3.05) is 5.75 Å². The summed E-state index contributed by atoms with van der Waals surface area (Å²) in [5, 5.41) is 0. The zero-order valence-corrected chi connectivity index (χ0v) is 11.7. The zero-order chi connectivity index (χ0) is 11.4. The Labute approximate surface area is 103 Å². The largest absolute Gasteiger partial charge is 0.179 e. The van der Waals surface area contributed by atoms with Gasteiger partial charge in [-0.1, -0.05) is 71.6 Å². The van der Waals surface area contributed by atoms with E-state index in [0.29, 0.717) is 0 Å². The molecular formula is C14H30S. The monoisotopic (exact) mass is 230 g/mol. The third kappa shape index (κ3) is 10.6. The molecule has 15 heavy (non-hydrogen) atoms. The van der Waals surface area contributed by atoms with Gasteiger partial charge in [0.2, 0.25) is 0 Å². The molecule has 1 unspecified atom stereocenters. The zero-order valence-electron chi connectivity index (χ0n) is 10.8. The van der Waals surface area contributed by atoms with Crippen LogP contribution in [-0.2, 0) is 0 Å². The van der Waals surface area contributed by atoms with Gasteiger partial charge in [0.15, 0.2) is 0 Å². The smallest absolute Gasteiger partial charge is 0.00953 e. The number of thiol groups is 1. The standard InChI is InChI=1S/C14H30S/c1-3-5-6-7-8-9-11-14(10-4-2)12-13-15/h14-15H,3-13H2,1-2H3. The second-order valence-electron chi connectivity index (χ2n) is 4.72. The van der Waals surface area contributed by atoms with Crippen molar-refractivity contribution in [1.29, 1.82) is 0 Å². The maximum Gasteiger partial charge on any atom is -0.00953 e. The number of hydrogen-bond donors (Lipinski definition) is 1. The average molecular weight is 230 g/mol. The van der Waals surface area contributed by atoms with E-state index >= 15 is 0 Å². The molecule has 0 heterocycles. The molecule has 0 saturated heterocycles. The van der Waals surface area contributed by atoms with Crippen LogP contribution in [0, 0.1) is 5.92 Å². The van der Waals surface area contributed by atoms with Crippen LogP contribution in [0.5, 0.6) is 0 Å². The van der Waals surface area contributed by atoms with Crippen molar-refractivity contribution in [3.8, 4) is 0 Å². The normalized spacial score (nSPS) is 13.0. The molecule has 0 nitrogen and oxygen atoms in total. The molecule has 1 heteroatoms. The summed E-state index contributed by atoms with van der Waals surface area (Å²) in [6.45, 7) is 4.58. The molecule has 0 saturated carbocycles. The highest BCUT2D eigenvalue weighted by molar-refractivity contribution is 7.80. The predicted octanol–water partition coefficient (Wildman–Crippen LogP) is 5.47. The van der Waals surface area contributed by atoms with E-state index in [4.69, 9.17) is 0 Å². The van der Waals surface area contributed by atoms with Gasteiger partial charge in [-0.25, -0.2) is 0 Å². The number of rotatable bonds is 11. The minimum absolute atomic E-state index is 0.957. The first-order valence-electron chi connectivity index (χ1n) is 6.96. The fourth-order valence-corrected chi connectivity index (χ4v) is 2.60. The van der Waals surface area contributed by atoms with E-state index in [1.165, 1.54) is 64.2 Å². The summed E-state index contributed by atoms with van der Waals surface area (Å²) in [6.07, 6.45) is 14.1. The van der Waals surface area contributed by atoms with Gasteiger partial charge >= 0.3 is 0 Å². The molecule has 0 aliphatic rings. The van der Waals surface area contributed by atoms with Crippen LogP contribution >= 0.6 is 12.6 Å². The van der Waals surface area contributed by atoms with Gasteiger partial charge in [-0.15, -0.1) is 0 Å². The van der Waals surface area contributed by atoms with E-state index in [1.807, 2.05) is 0 Å². The van der Waals surface area contributed by atoms with Gasteiger partial charge in [-0.3, -0.25) is 0 Å². The van der Waals surface area contributed by atoms with Crippen LogP contribution in [-0.4, -0.2) is 5.75 Å². The van der Waals surface area contributed by atoms with Crippen LogP contribution in [0.25, 0.3) is 0 Å². The van der Waals surface area contributed by atoms with Crippen LogP contribution in [0.1, 0.15) is 78.1 Å². The first-order chi connectivity index (χ1) is 7.35. The van der Waals surface area contributed by atoms with E-state index in [9.17, 15) is 0 Å². The molecule has 0 radical (unpaired) electrons. The highest BCUT2D eigenvalue weighted by Crippen LogP contribution is 2.20. The summed E-state index contributed by atoms with van der Waals surface area (Å²) in [5.41, 5.74) is 0. The van der Waals surface area contributed by atoms with E-state index in [0.717, 1.165) is 11.7 Å². The van der Waals surface area contributed by atoms with Crippen molar-refractivity contribution >= 4 is 12.6 Å². The van der Waals surface area contributed by atoms with Crippen LogP contribution in [0.4, 0.5) is 0 Å². The van der Waals surface area contributed by atoms with Crippen molar-refractivity contribution in [3.05, 3.63) is 0 Å². The fraction of sp³-hybridized carbons (Fsp3) is 1.00. The summed E-state index contributed by atoms with van der Waals surface area (Å²) < 4.78 is 0. The van der Waals surface area contributed by atoms with Crippen LogP contribution in [0.3, 0.4) is 0 Å². The Morgan fingerprint density at radius 3 is 2.00 bits per heavy atom. The van der Waals surface area contributed by atoms with E-state index in [1.54, 1.807) is 0 Å². The Kier molecular flexibility index (Phi) is 12.7. The third-order valence-corrected chi connectivity index (χ3v) is 3.46. The number of hydrogen-bond acceptors (Lipinski definition) is 1. The maximum atomic E-state index is 4.34. The van der Waals surface area contributed by atoms with Gasteiger partial charge < -0.3 is 0 Å². The summed E-state index contributed by atoms with van der Waals surface area (Å²) in [7, 11) is 0. The SMILES string of the molecule is CCCCCCCCC(CCC)CCS. The molecule has 1 atom stereocenters. The summed E-state index contributed by atoms with van der Waals surface area (Å²) in [4.78, 5) is 0. The summed E-state index contributed by atoms with van der Waals surface area (Å²) >= 11 is 4.34. The molecule has 0 aromatic carbocycles. The molecule has 0 aliphatic heterocycles. The Morgan fingerprint density at radius 2 is 1.40 bits per heavy atom. The lowest BCUT2D eigenvalue weighted by Crippen LogP contribution is -2.01. The molecule has 0 aromatic rings. The van der Waals surface area contributed by atoms with Gasteiger partial charge in [0.1, 0.15) is 0 Å². The highest BCUT2D eigenvalue weighted by Gasteiger charge is 2.05. The van der Waals surface area contributed by atoms with Gasteiger partial charge in [-0.05, 0) is 18.1 Å². The lowest BCUT2D eigenvalue weighted by Gasteiger charge is -2.14. The minimum atomic E-state index is 0.957. The second kappa shape index (κ2) is 12.4. The van der Waals surface area contributed by atoms with E-state index in [2.05, 4.69) is 26.5 Å². The minimum Gasteiger partial charge on any atom is -0.179 e. The van der Waals surface area contributed by atoms with Crippen molar-refractivity contribution < 1.29 is 0 Å². The van der Waals surface area contributed by atoms with Crippen molar-refractivity contribution in [1.82, 2.24) is 0 Å². The van der Waals surface area contributed by atoms with Gasteiger partial charge in [0.25, 0.3) is 0 Å². The molecular weight excluding hydrogens is 200 g/mol. The Morgan fingerprint density at radius 1 is 0.733 bits per heavy atom. The second-order valence-corrected chi connectivity index (χ2v) is 5.17. The van der Waals surface area contributed by atoms with Crippen LogP contribution < -0.4 is 0 Å². The lowest BCUT2D eigenvalue weighted by molar-refractivity contribution is 0.411. The molecule has 0 spiro atoms. The molecule has 0 N–H and O–H groups in total. The lowest BCUT2D eigenvalue weighted by atomic mass is 9.94. The molecule has 0 aliphatic carbocycles. The Balaban J connectivity index is 3.28. The van der Waals surface area contributed by atoms with E-state index < -0.39 is 0 Å². The van der Waals surface area contributed by atoms with Crippen molar-refractivity contribution in [2.45, 2.75) is 78.1 Å². The maximum absolute atomic E-state index is 4.34. The van der Waals surface area contributed by atoms with Crippen molar-refractivity contribution in [2.24, 2.45) is 5.92 Å². The van der Waals surface area contributed by atoms with Crippen LogP contribution in [0.2, 0.25) is 0 Å². The first-order valence-corrected chi connectivity index (χ1v) is 7.59. The molecule has 0 fully saturated rings. The fourth-order valence-electron chi connectivity index (χ4n) is 2.24. The molecule has 92 valence electrons. The van der Waals surface area contributed by atoms with E-state index in [-0.39, 0.29) is 0 Å². The van der Waals surface area contributed by atoms with Gasteiger partial charge in [0.05, 0.1) is 0 Å². The quantitative estimate of drug-likeness (QED) is 0.353. The van der Waals surface area contributed by atoms with Crippen LogP contribution in [0.15, 0.2) is 0 Å². The average Bonchev–Trinajstić information content (AvgIpc) is 2.24. The third-order valence-electron chi connectivity index (χ3n) is 3.20. The predicted molar refractivity (Wildman–Crippen MR) is 74.9 cm³/mol. The Bertz CT molecular complexity index is 106. The first kappa shape index (κ1) is 15.3. The van der Waals surface area contributed by atoms with Crippen molar-refractivity contribution in [3.63, 3.8) is 0 Å². The molecule has 0 rings (SSSR count). The van der Waals surface area contributed by atoms with Gasteiger partial charge in [0, 0.05) is 0 Å². The summed E-state index contributed by atoms with van der Waals surface area (Å²) in [6, 6.07) is 0. The molecule has 0 amide bonds. The molecule has 0 bridgehead atoms. The summed E-state index contributed by atoms with van der Waals surface area (Å²) in [5.74, 6) is 2.03. The topological polar surface area (TPSA) is 0 Å². The highest BCUT2D eigenvalue weighted by atomic mass is 32.1. The Hall–Kier alpha value is 0.350. The molecule has 0 aromatic heterocycles. The number of unbranched alkanes of at least 4 members (excludes halogenated alkanes) is 5. The van der Waals surface area contributed by atoms with Gasteiger partial charge in [-0.2, -0.15) is 12.6 Å².